The lowest BCUT2D eigenvalue weighted by Gasteiger charge is -2.27. The molecule has 0 spiro atoms. The topological polar surface area (TPSA) is 97.0 Å². The van der Waals surface area contributed by atoms with Gasteiger partial charge in [0, 0.05) is 11.9 Å². The molecule has 172 valence electrons. The van der Waals surface area contributed by atoms with Gasteiger partial charge in [0.15, 0.2) is 5.78 Å². The lowest BCUT2D eigenvalue weighted by atomic mass is 9.90. The van der Waals surface area contributed by atoms with E-state index in [-0.39, 0.29) is 30.3 Å². The smallest absolute Gasteiger partial charge is 0.409 e. The van der Waals surface area contributed by atoms with Crippen LogP contribution in [-0.4, -0.2) is 67.1 Å². The number of rotatable bonds is 9. The zero-order valence-corrected chi connectivity index (χ0v) is 19.3. The van der Waals surface area contributed by atoms with Crippen molar-refractivity contribution < 1.29 is 23.9 Å². The van der Waals surface area contributed by atoms with Crippen molar-refractivity contribution in [1.29, 1.82) is 0 Å². The first-order valence-corrected chi connectivity index (χ1v) is 12.0. The van der Waals surface area contributed by atoms with Crippen molar-refractivity contribution in [1.82, 2.24) is 15.5 Å². The van der Waals surface area contributed by atoms with Gasteiger partial charge < -0.3 is 25.0 Å². The van der Waals surface area contributed by atoms with Gasteiger partial charge in [0.1, 0.15) is 24.4 Å². The van der Waals surface area contributed by atoms with Crippen LogP contribution in [-0.2, 0) is 14.3 Å². The molecular weight excluding hydrogens is 418 g/mol. The Labute approximate surface area is 187 Å². The number of ether oxygens (including phenoxy) is 2. The van der Waals surface area contributed by atoms with Crippen LogP contribution in [0.2, 0.25) is 0 Å². The summed E-state index contributed by atoms with van der Waals surface area (Å²) >= 11 is 1.42. The van der Waals surface area contributed by atoms with Gasteiger partial charge in [-0.3, -0.25) is 9.59 Å². The number of nitrogens with zero attached hydrogens (tertiary/aromatic N) is 1. The predicted molar refractivity (Wildman–Crippen MR) is 118 cm³/mol. The number of likely N-dealkylation sites (tertiary alicyclic amines) is 1. The number of ketones is 1. The molecule has 4 atom stereocenters. The molecular formula is C22H33N3O5S. The molecule has 2 aliphatic rings. The van der Waals surface area contributed by atoms with Gasteiger partial charge in [-0.25, -0.2) is 4.79 Å². The molecule has 0 bridgehead atoms. The summed E-state index contributed by atoms with van der Waals surface area (Å²) in [5.74, 6) is 0.445. The van der Waals surface area contributed by atoms with Crippen LogP contribution in [0.1, 0.15) is 40.0 Å². The summed E-state index contributed by atoms with van der Waals surface area (Å²) in [6, 6.07) is 0.192. The maximum absolute atomic E-state index is 13.1. The van der Waals surface area contributed by atoms with E-state index in [0.29, 0.717) is 24.6 Å². The van der Waals surface area contributed by atoms with Gasteiger partial charge >= 0.3 is 6.09 Å². The number of carbonyl (C=O) groups is 3. The molecule has 0 radical (unpaired) electrons. The molecule has 3 unspecified atom stereocenters. The van der Waals surface area contributed by atoms with Crippen LogP contribution in [0.3, 0.4) is 0 Å². The Morgan fingerprint density at radius 3 is 2.68 bits per heavy atom. The first kappa shape index (κ1) is 23.7. The van der Waals surface area contributed by atoms with Crippen LogP contribution in [0.15, 0.2) is 16.8 Å². The highest BCUT2D eigenvalue weighted by Gasteiger charge is 2.39. The molecule has 0 aromatic carbocycles. The number of hydrogen-bond acceptors (Lipinski definition) is 7. The number of thiophene rings is 1. The summed E-state index contributed by atoms with van der Waals surface area (Å²) in [6.45, 7) is 8.78. The van der Waals surface area contributed by atoms with Gasteiger partial charge in [0.25, 0.3) is 0 Å². The highest BCUT2D eigenvalue weighted by Crippen LogP contribution is 2.20. The number of nitrogens with one attached hydrogen (secondary N) is 2. The van der Waals surface area contributed by atoms with Crippen molar-refractivity contribution >= 4 is 29.1 Å². The van der Waals surface area contributed by atoms with E-state index in [9.17, 15) is 14.4 Å². The van der Waals surface area contributed by atoms with Gasteiger partial charge in [0.2, 0.25) is 5.91 Å². The van der Waals surface area contributed by atoms with Crippen molar-refractivity contribution in [2.45, 2.75) is 58.2 Å². The van der Waals surface area contributed by atoms with Crippen molar-refractivity contribution in [3.63, 3.8) is 0 Å². The van der Waals surface area contributed by atoms with Gasteiger partial charge in [0.05, 0.1) is 6.10 Å². The normalized spacial score (nSPS) is 23.7. The minimum Gasteiger partial charge on any atom is -0.409 e. The molecule has 0 saturated carbocycles. The number of Topliss-reactive ketones (excluding diaryl/α,β-unsaturated/α-hetero) is 1. The fourth-order valence-electron chi connectivity index (χ4n) is 3.85. The number of hydrogen-bond donors (Lipinski definition) is 2. The van der Waals surface area contributed by atoms with Gasteiger partial charge in [-0.2, -0.15) is 0 Å². The van der Waals surface area contributed by atoms with Crippen LogP contribution in [0, 0.1) is 11.8 Å². The van der Waals surface area contributed by atoms with Crippen molar-refractivity contribution in [3.05, 3.63) is 16.8 Å². The predicted octanol–water partition coefficient (Wildman–Crippen LogP) is 2.44. The molecule has 31 heavy (non-hydrogen) atoms. The van der Waals surface area contributed by atoms with Gasteiger partial charge in [-0.15, -0.1) is 11.3 Å². The van der Waals surface area contributed by atoms with E-state index in [1.165, 1.54) is 11.3 Å². The van der Waals surface area contributed by atoms with Crippen LogP contribution >= 0.6 is 11.3 Å². The molecule has 2 aliphatic heterocycles. The fourth-order valence-corrected chi connectivity index (χ4v) is 4.40. The Kier molecular flexibility index (Phi) is 8.45. The van der Waals surface area contributed by atoms with Crippen LogP contribution in [0.5, 0.6) is 5.75 Å². The Balaban J connectivity index is 1.64. The molecule has 2 saturated heterocycles. The Morgan fingerprint density at radius 2 is 2.03 bits per heavy atom. The van der Waals surface area contributed by atoms with E-state index in [0.717, 1.165) is 25.9 Å². The Hall–Kier alpha value is -1.97. The first-order valence-electron chi connectivity index (χ1n) is 11.0. The second-order valence-corrected chi connectivity index (χ2v) is 9.59. The van der Waals surface area contributed by atoms with Crippen molar-refractivity contribution in [2.75, 3.05) is 26.2 Å². The summed E-state index contributed by atoms with van der Waals surface area (Å²) in [5.41, 5.74) is 0. The third-order valence-electron chi connectivity index (χ3n) is 6.15. The summed E-state index contributed by atoms with van der Waals surface area (Å²) in [4.78, 5) is 40.2. The maximum atomic E-state index is 13.1. The molecule has 1 aromatic heterocycles. The van der Waals surface area contributed by atoms with Crippen LogP contribution in [0.25, 0.3) is 0 Å². The highest BCUT2D eigenvalue weighted by atomic mass is 32.1. The van der Waals surface area contributed by atoms with E-state index in [2.05, 4.69) is 29.4 Å². The molecule has 2 amide bonds. The van der Waals surface area contributed by atoms with Crippen molar-refractivity contribution in [3.8, 4) is 5.75 Å². The summed E-state index contributed by atoms with van der Waals surface area (Å²) in [5, 5.41) is 9.06. The first-order chi connectivity index (χ1) is 14.8. The largest absolute Gasteiger partial charge is 0.413 e. The lowest BCUT2D eigenvalue weighted by molar-refractivity contribution is -0.128. The standard InChI is InChI=1S/C22H33N3O5S/c1-14(2)15(3)10-17(23-22(28)30-16-6-9-31-13-16)21(27)24-20-18(26)12-29-19(20)11-25-7-4-5-8-25/h6,9,13-15,17,19-20H,4-5,7-8,10-12H2,1-3H3,(H,23,28)(H,24,27)/t15?,17-,19?,20?/m0/s1. The second-order valence-electron chi connectivity index (χ2n) is 8.81. The van der Waals surface area contributed by atoms with E-state index in [1.54, 1.807) is 16.8 Å². The highest BCUT2D eigenvalue weighted by molar-refractivity contribution is 7.08. The minimum absolute atomic E-state index is 0.00411. The summed E-state index contributed by atoms with van der Waals surface area (Å²) in [7, 11) is 0. The average Bonchev–Trinajstić information content (AvgIpc) is 3.47. The quantitative estimate of drug-likeness (QED) is 0.599. The summed E-state index contributed by atoms with van der Waals surface area (Å²) in [6.07, 6.45) is 1.68. The third-order valence-corrected chi connectivity index (χ3v) is 6.81. The van der Waals surface area contributed by atoms with Gasteiger partial charge in [-0.05, 0) is 55.6 Å². The van der Waals surface area contributed by atoms with E-state index in [4.69, 9.17) is 9.47 Å². The van der Waals surface area contributed by atoms with Crippen LogP contribution < -0.4 is 15.4 Å². The molecule has 3 heterocycles. The Bertz CT molecular complexity index is 748. The zero-order chi connectivity index (χ0) is 22.4. The molecule has 2 fully saturated rings. The molecule has 0 aliphatic carbocycles. The SMILES string of the molecule is CC(C)C(C)C[C@H](NC(=O)Oc1ccsc1)C(=O)NC1C(=O)COC1CN1CCCC1. The minimum atomic E-state index is -0.802. The third kappa shape index (κ3) is 6.75. The average molecular weight is 452 g/mol. The Morgan fingerprint density at radius 1 is 1.29 bits per heavy atom. The van der Waals surface area contributed by atoms with Gasteiger partial charge in [-0.1, -0.05) is 20.8 Å². The molecule has 1 aromatic rings. The second kappa shape index (κ2) is 11.1. The lowest BCUT2D eigenvalue weighted by Crippen LogP contribution is -2.55. The monoisotopic (exact) mass is 451 g/mol. The summed E-state index contributed by atoms with van der Waals surface area (Å²) < 4.78 is 10.9. The van der Waals surface area contributed by atoms with E-state index >= 15 is 0 Å². The van der Waals surface area contributed by atoms with E-state index < -0.39 is 18.2 Å². The number of amides is 2. The fraction of sp³-hybridized carbons (Fsp3) is 0.682. The molecule has 8 nitrogen and oxygen atoms in total. The molecule has 2 N–H and O–H groups in total. The van der Waals surface area contributed by atoms with E-state index in [1.807, 2.05) is 6.92 Å². The van der Waals surface area contributed by atoms with Crippen molar-refractivity contribution in [2.24, 2.45) is 11.8 Å². The molecule has 3 rings (SSSR count). The maximum Gasteiger partial charge on any atom is 0.413 e. The zero-order valence-electron chi connectivity index (χ0n) is 18.5. The molecule has 9 heteroatoms. The van der Waals surface area contributed by atoms with Crippen LogP contribution in [0.4, 0.5) is 4.79 Å². The number of carbonyl (C=O) groups excluding carboxylic acids is 3.